The average molecular weight is 636 g/mol. The lowest BCUT2D eigenvalue weighted by Gasteiger charge is -2.43. The minimum absolute atomic E-state index is 0.211. The van der Waals surface area contributed by atoms with Crippen molar-refractivity contribution in [3.8, 4) is 16.4 Å². The zero-order valence-electron chi connectivity index (χ0n) is 19.3. The van der Waals surface area contributed by atoms with Crippen molar-refractivity contribution in [3.63, 3.8) is 0 Å². The molecule has 1 fully saturated rings. The number of alkyl halides is 3. The maximum atomic E-state index is 13.9. The normalized spacial score (nSPS) is 24.2. The molecule has 1 aromatic carbocycles. The zero-order chi connectivity index (χ0) is 27.2. The molecule has 1 aliphatic rings. The minimum Gasteiger partial charge on any atom is -0.394 e. The van der Waals surface area contributed by atoms with Gasteiger partial charge in [0.15, 0.2) is 0 Å². The van der Waals surface area contributed by atoms with E-state index >= 15 is 0 Å². The summed E-state index contributed by atoms with van der Waals surface area (Å²) in [5.74, 6) is 0. The van der Waals surface area contributed by atoms with Crippen molar-refractivity contribution in [1.29, 1.82) is 0 Å². The molecule has 0 amide bonds. The standard InChI is InChI=1S/C22H19BrClF3N6O4S/c1-36-20-17(32-7-12(30-31-32)21-29-16(24)9-38-21)18(35)15(8-34)37-19(20)13-4-5-28-33(13)14-6-10(23)2-3-11(14)22(25,26)27/h2-7,9,15,17-20,34-35H,8H2,1H3/t15?,17-,18-,19-,20?/m0/s1. The summed E-state index contributed by atoms with van der Waals surface area (Å²) in [5.41, 5.74) is -0.546. The summed E-state index contributed by atoms with van der Waals surface area (Å²) < 4.78 is 56.2. The third-order valence-corrected chi connectivity index (χ3v) is 7.79. The molecule has 5 atom stereocenters. The van der Waals surface area contributed by atoms with Gasteiger partial charge in [-0.05, 0) is 24.3 Å². The number of aliphatic hydroxyl groups excluding tert-OH is 2. The molecule has 202 valence electrons. The van der Waals surface area contributed by atoms with Crippen LogP contribution in [0.25, 0.3) is 16.4 Å². The molecule has 0 bridgehead atoms. The van der Waals surface area contributed by atoms with E-state index in [0.717, 1.165) is 10.7 Å². The fourth-order valence-electron chi connectivity index (χ4n) is 4.44. The second-order valence-corrected chi connectivity index (χ2v) is 10.5. The van der Waals surface area contributed by atoms with Crippen LogP contribution in [0.5, 0.6) is 0 Å². The van der Waals surface area contributed by atoms with Crippen LogP contribution in [-0.2, 0) is 15.7 Å². The SMILES string of the molecule is COC1[C@@H](n2cc(-c3nc(Cl)cs3)nn2)[C@@H](O)C(CO)O[C@H]1c1ccnn1-c1cc(Br)ccc1C(F)(F)F. The number of thiazole rings is 1. The fourth-order valence-corrected chi connectivity index (χ4v) is 5.69. The van der Waals surface area contributed by atoms with Crippen LogP contribution in [0.4, 0.5) is 13.2 Å². The van der Waals surface area contributed by atoms with Crippen LogP contribution < -0.4 is 0 Å². The number of benzene rings is 1. The zero-order valence-corrected chi connectivity index (χ0v) is 22.5. The van der Waals surface area contributed by atoms with Gasteiger partial charge in [-0.25, -0.2) is 14.3 Å². The van der Waals surface area contributed by atoms with Crippen LogP contribution in [0.3, 0.4) is 0 Å². The third-order valence-electron chi connectivity index (χ3n) is 6.11. The fraction of sp³-hybridized carbons (Fsp3) is 0.364. The Kier molecular flexibility index (Phi) is 7.61. The Balaban J connectivity index is 1.58. The van der Waals surface area contributed by atoms with Gasteiger partial charge in [-0.15, -0.1) is 16.4 Å². The average Bonchev–Trinajstić information content (AvgIpc) is 3.63. The highest BCUT2D eigenvalue weighted by Crippen LogP contribution is 2.42. The first-order valence-corrected chi connectivity index (χ1v) is 13.1. The number of hydrogen-bond donors (Lipinski definition) is 2. The Bertz CT molecular complexity index is 1430. The van der Waals surface area contributed by atoms with E-state index in [-0.39, 0.29) is 11.4 Å². The molecule has 1 aliphatic heterocycles. The summed E-state index contributed by atoms with van der Waals surface area (Å²) in [6.07, 6.45) is -6.24. The van der Waals surface area contributed by atoms with E-state index in [1.165, 1.54) is 47.5 Å². The number of methoxy groups -OCH3 is 1. The first-order chi connectivity index (χ1) is 18.1. The summed E-state index contributed by atoms with van der Waals surface area (Å²) in [7, 11) is 1.37. The van der Waals surface area contributed by atoms with E-state index in [0.29, 0.717) is 20.3 Å². The maximum Gasteiger partial charge on any atom is 0.418 e. The predicted molar refractivity (Wildman–Crippen MR) is 133 cm³/mol. The van der Waals surface area contributed by atoms with Crippen molar-refractivity contribution in [2.24, 2.45) is 0 Å². The van der Waals surface area contributed by atoms with Crippen LogP contribution in [0.15, 0.2) is 46.5 Å². The first-order valence-electron chi connectivity index (χ1n) is 11.0. The van der Waals surface area contributed by atoms with Crippen LogP contribution in [0.1, 0.15) is 23.4 Å². The Morgan fingerprint density at radius 3 is 2.74 bits per heavy atom. The van der Waals surface area contributed by atoms with E-state index in [1.54, 1.807) is 11.6 Å². The van der Waals surface area contributed by atoms with Crippen LogP contribution in [0, 0.1) is 0 Å². The van der Waals surface area contributed by atoms with Crippen molar-refractivity contribution < 1.29 is 32.9 Å². The molecule has 0 aliphatic carbocycles. The van der Waals surface area contributed by atoms with Gasteiger partial charge in [-0.3, -0.25) is 0 Å². The lowest BCUT2D eigenvalue weighted by Crippen LogP contribution is -2.53. The monoisotopic (exact) mass is 634 g/mol. The van der Waals surface area contributed by atoms with Crippen LogP contribution >= 0.6 is 38.9 Å². The molecule has 3 aromatic heterocycles. The molecule has 5 rings (SSSR count). The number of hydrogen-bond acceptors (Lipinski definition) is 9. The number of aliphatic hydroxyl groups is 2. The Labute approximate surface area is 230 Å². The van der Waals surface area contributed by atoms with Gasteiger partial charge >= 0.3 is 6.18 Å². The predicted octanol–water partition coefficient (Wildman–Crippen LogP) is 4.07. The second kappa shape index (κ2) is 10.6. The molecule has 0 radical (unpaired) electrons. The molecule has 1 saturated heterocycles. The quantitative estimate of drug-likeness (QED) is 0.326. The van der Waals surface area contributed by atoms with Crippen LogP contribution in [0.2, 0.25) is 5.15 Å². The van der Waals surface area contributed by atoms with Gasteiger partial charge < -0.3 is 19.7 Å². The Morgan fingerprint density at radius 1 is 1.29 bits per heavy atom. The second-order valence-electron chi connectivity index (χ2n) is 8.35. The first kappa shape index (κ1) is 27.2. The summed E-state index contributed by atoms with van der Waals surface area (Å²) in [6.45, 7) is -0.576. The molecule has 0 saturated carbocycles. The molecular formula is C22H19BrClF3N6O4S. The van der Waals surface area contributed by atoms with Gasteiger partial charge in [0.2, 0.25) is 0 Å². The maximum absolute atomic E-state index is 13.9. The number of nitrogens with zero attached hydrogens (tertiary/aromatic N) is 6. The molecule has 0 spiro atoms. The topological polar surface area (TPSA) is 120 Å². The summed E-state index contributed by atoms with van der Waals surface area (Å²) >= 11 is 10.4. The smallest absolute Gasteiger partial charge is 0.394 e. The van der Waals surface area contributed by atoms with Crippen LogP contribution in [-0.4, -0.2) is 72.0 Å². The van der Waals surface area contributed by atoms with Crippen molar-refractivity contribution in [2.45, 2.75) is 36.6 Å². The molecule has 2 N–H and O–H groups in total. The van der Waals surface area contributed by atoms with Gasteiger partial charge in [0.05, 0.1) is 29.7 Å². The van der Waals surface area contributed by atoms with E-state index in [4.69, 9.17) is 21.1 Å². The Hall–Kier alpha value is -2.40. The van der Waals surface area contributed by atoms with Gasteiger partial charge in [-0.2, -0.15) is 18.3 Å². The lowest BCUT2D eigenvalue weighted by atomic mass is 9.90. The van der Waals surface area contributed by atoms with Crippen molar-refractivity contribution in [2.75, 3.05) is 13.7 Å². The lowest BCUT2D eigenvalue weighted by molar-refractivity contribution is -0.216. The molecule has 4 aromatic rings. The number of aromatic nitrogens is 6. The molecule has 16 heteroatoms. The molecule has 38 heavy (non-hydrogen) atoms. The molecular weight excluding hydrogens is 617 g/mol. The highest BCUT2D eigenvalue weighted by molar-refractivity contribution is 9.10. The largest absolute Gasteiger partial charge is 0.418 e. The van der Waals surface area contributed by atoms with Crippen molar-refractivity contribution in [1.82, 2.24) is 29.8 Å². The molecule has 10 nitrogen and oxygen atoms in total. The van der Waals surface area contributed by atoms with Crippen molar-refractivity contribution in [3.05, 3.63) is 62.9 Å². The number of ether oxygens (including phenoxy) is 2. The van der Waals surface area contributed by atoms with E-state index in [1.807, 2.05) is 0 Å². The highest BCUT2D eigenvalue weighted by Gasteiger charge is 2.49. The van der Waals surface area contributed by atoms with E-state index < -0.39 is 48.8 Å². The van der Waals surface area contributed by atoms with Gasteiger partial charge in [-0.1, -0.05) is 32.7 Å². The van der Waals surface area contributed by atoms with Gasteiger partial charge in [0.25, 0.3) is 0 Å². The molecule has 4 heterocycles. The minimum atomic E-state index is -4.66. The van der Waals surface area contributed by atoms with Crippen molar-refractivity contribution >= 4 is 38.9 Å². The molecule has 2 unspecified atom stereocenters. The Morgan fingerprint density at radius 2 is 2.08 bits per heavy atom. The summed E-state index contributed by atoms with van der Waals surface area (Å²) in [4.78, 5) is 4.17. The summed E-state index contributed by atoms with van der Waals surface area (Å²) in [6, 6.07) is 4.08. The van der Waals surface area contributed by atoms with E-state index in [2.05, 4.69) is 36.3 Å². The van der Waals surface area contributed by atoms with Gasteiger partial charge in [0, 0.05) is 23.2 Å². The third kappa shape index (κ3) is 4.99. The number of halogens is 5. The number of rotatable bonds is 6. The van der Waals surface area contributed by atoms with Gasteiger partial charge in [0.1, 0.15) is 46.3 Å². The van der Waals surface area contributed by atoms with E-state index in [9.17, 15) is 23.4 Å². The summed E-state index contributed by atoms with van der Waals surface area (Å²) in [5, 5.41) is 35.9. The highest BCUT2D eigenvalue weighted by atomic mass is 79.9.